The number of carbonyl (C=O) groups excluding carboxylic acids is 4. The molecule has 3 heterocycles. The van der Waals surface area contributed by atoms with E-state index in [-0.39, 0.29) is 55.7 Å². The molecular weight excluding hydrogens is 759 g/mol. The lowest BCUT2D eigenvalue weighted by atomic mass is 10.1. The van der Waals surface area contributed by atoms with Crippen LogP contribution in [0.2, 0.25) is 5.15 Å². The number of nitriles is 1. The van der Waals surface area contributed by atoms with Crippen molar-refractivity contribution < 1.29 is 71.4 Å². The number of nitrogens with zero attached hydrogens (tertiary/aromatic N) is 3. The van der Waals surface area contributed by atoms with Crippen LogP contribution >= 0.6 is 19.2 Å². The number of hydrogen-bond acceptors (Lipinski definition) is 18. The maximum atomic E-state index is 13.5. The molecule has 1 aliphatic heterocycles. The van der Waals surface area contributed by atoms with Crippen LogP contribution < -0.4 is 5.32 Å². The summed E-state index contributed by atoms with van der Waals surface area (Å²) in [4.78, 5) is 50.3. The first-order valence-electron chi connectivity index (χ1n) is 17.2. The Morgan fingerprint density at radius 1 is 1.00 bits per heavy atom. The second kappa shape index (κ2) is 20.7. The molecule has 0 unspecified atom stereocenters. The summed E-state index contributed by atoms with van der Waals surface area (Å²) in [5.74, 6) is -2.52. The summed E-state index contributed by atoms with van der Waals surface area (Å²) in [5, 5.41) is 35.6. The molecule has 0 spiro atoms. The van der Waals surface area contributed by atoms with Crippen molar-refractivity contribution >= 4 is 59.8 Å². The zero-order chi connectivity index (χ0) is 39.3. The van der Waals surface area contributed by atoms with Crippen molar-refractivity contribution in [2.24, 2.45) is 0 Å². The van der Waals surface area contributed by atoms with E-state index in [9.17, 15) is 39.2 Å². The van der Waals surface area contributed by atoms with Crippen molar-refractivity contribution in [1.82, 2.24) is 9.55 Å². The second-order valence-electron chi connectivity index (χ2n) is 12.4. The monoisotopic (exact) mass is 802 g/mol. The summed E-state index contributed by atoms with van der Waals surface area (Å²) in [7, 11) is -4.32. The Labute approximate surface area is 315 Å². The molecule has 3 N–H and O–H groups in total. The Morgan fingerprint density at radius 3 is 2.15 bits per heavy atom. The SMILES string of the molecule is CC(=O)OCCCC(=O)OCOP(=O)(COC[C@H]1O[C@@H](n2ccc3c(NC4CCCC4)c(C#N)c(Cl)nc32)[C@H](O)[C@@H]1O)OCOC(=O)CCCOC(C)=O. The highest BCUT2D eigenvalue weighted by atomic mass is 35.5. The number of halogens is 1. The Kier molecular flexibility index (Phi) is 16.4. The van der Waals surface area contributed by atoms with Crippen LogP contribution in [0.4, 0.5) is 5.69 Å². The van der Waals surface area contributed by atoms with E-state index in [1.807, 2.05) is 0 Å². The number of rotatable bonds is 21. The molecule has 0 amide bonds. The minimum Gasteiger partial charge on any atom is -0.466 e. The fourth-order valence-electron chi connectivity index (χ4n) is 5.71. The van der Waals surface area contributed by atoms with E-state index in [0.29, 0.717) is 16.7 Å². The van der Waals surface area contributed by atoms with Gasteiger partial charge in [-0.2, -0.15) is 5.26 Å². The molecule has 19 nitrogen and oxygen atoms in total. The number of anilines is 1. The molecule has 21 heteroatoms. The van der Waals surface area contributed by atoms with E-state index in [1.54, 1.807) is 12.3 Å². The molecule has 2 fully saturated rings. The van der Waals surface area contributed by atoms with Gasteiger partial charge in [0.15, 0.2) is 11.4 Å². The Balaban J connectivity index is 1.37. The summed E-state index contributed by atoms with van der Waals surface area (Å²) < 4.78 is 56.3. The van der Waals surface area contributed by atoms with Gasteiger partial charge in [-0.1, -0.05) is 24.4 Å². The highest BCUT2D eigenvalue weighted by Crippen LogP contribution is 2.48. The van der Waals surface area contributed by atoms with Crippen LogP contribution in [0.15, 0.2) is 12.3 Å². The molecule has 0 radical (unpaired) electrons. The molecule has 2 aromatic heterocycles. The largest absolute Gasteiger partial charge is 0.466 e. The predicted octanol–water partition coefficient (Wildman–Crippen LogP) is 3.42. The maximum Gasteiger partial charge on any atom is 0.361 e. The van der Waals surface area contributed by atoms with Crippen LogP contribution in [0, 0.1) is 11.3 Å². The lowest BCUT2D eigenvalue weighted by Gasteiger charge is -2.20. The summed E-state index contributed by atoms with van der Waals surface area (Å²) in [5.41, 5.74) is 0.998. The standard InChI is InChI=1S/C33H44ClN4O15P/c1-20(39)47-13-5-9-26(41)49-17-51-54(45,52-18-50-27(42)10-6-14-48-21(2)40)19-46-16-25-29(43)30(44)33(53-25)38-12-11-23-28(36-22-7-3-4-8-22)24(15-35)31(34)37-32(23)38/h11-12,22,25,29-30,33,43-44H,3-10,13-14,16-19H2,1-2H3,(H,36,37)/t25-,29-,30-,33-/m1/s1. The van der Waals surface area contributed by atoms with Crippen molar-refractivity contribution in [2.45, 2.75) is 95.8 Å². The van der Waals surface area contributed by atoms with Gasteiger partial charge in [0.1, 0.15) is 41.9 Å². The van der Waals surface area contributed by atoms with Gasteiger partial charge in [0, 0.05) is 44.3 Å². The summed E-state index contributed by atoms with van der Waals surface area (Å²) >= 11 is 6.42. The number of aliphatic hydroxyl groups excluding tert-OH is 2. The molecule has 2 aromatic rings. The van der Waals surface area contributed by atoms with Gasteiger partial charge in [0.05, 0.1) is 25.5 Å². The molecule has 0 aromatic carbocycles. The van der Waals surface area contributed by atoms with Gasteiger partial charge in [-0.15, -0.1) is 0 Å². The molecule has 1 saturated carbocycles. The number of ether oxygens (including phenoxy) is 6. The zero-order valence-electron chi connectivity index (χ0n) is 29.8. The fraction of sp³-hybridized carbons (Fsp3) is 0.636. The third-order valence-electron chi connectivity index (χ3n) is 8.38. The van der Waals surface area contributed by atoms with E-state index >= 15 is 0 Å². The second-order valence-corrected chi connectivity index (χ2v) is 14.8. The van der Waals surface area contributed by atoms with Crippen molar-refractivity contribution in [3.8, 4) is 6.07 Å². The predicted molar refractivity (Wildman–Crippen MR) is 186 cm³/mol. The summed E-state index contributed by atoms with van der Waals surface area (Å²) in [6, 6.07) is 3.96. The first-order valence-corrected chi connectivity index (χ1v) is 19.3. The summed E-state index contributed by atoms with van der Waals surface area (Å²) in [6.07, 6.45) is -0.451. The lowest BCUT2D eigenvalue weighted by Crippen LogP contribution is -2.34. The van der Waals surface area contributed by atoms with Gasteiger partial charge < -0.3 is 48.5 Å². The number of esters is 4. The third kappa shape index (κ3) is 12.3. The van der Waals surface area contributed by atoms with Crippen molar-refractivity contribution in [2.75, 3.05) is 45.1 Å². The molecular formula is C33H44ClN4O15P. The number of aromatic nitrogens is 2. The lowest BCUT2D eigenvalue weighted by molar-refractivity contribution is -0.154. The molecule has 2 aliphatic rings. The first kappa shape index (κ1) is 42.9. The smallest absolute Gasteiger partial charge is 0.361 e. The molecule has 54 heavy (non-hydrogen) atoms. The van der Waals surface area contributed by atoms with Crippen molar-refractivity contribution in [3.63, 3.8) is 0 Å². The molecule has 4 atom stereocenters. The average molecular weight is 803 g/mol. The van der Waals surface area contributed by atoms with Crippen LogP contribution in [0.3, 0.4) is 0 Å². The molecule has 298 valence electrons. The topological polar surface area (TPSA) is 253 Å². The average Bonchev–Trinajstić information content (AvgIpc) is 3.85. The molecule has 0 bridgehead atoms. The minimum absolute atomic E-state index is 0.0107. The number of hydrogen-bond donors (Lipinski definition) is 3. The van der Waals surface area contributed by atoms with Crippen molar-refractivity contribution in [1.29, 1.82) is 5.26 Å². The quantitative estimate of drug-likeness (QED) is 0.0408. The zero-order valence-corrected chi connectivity index (χ0v) is 31.5. The summed E-state index contributed by atoms with van der Waals surface area (Å²) in [6.45, 7) is 0.314. The molecule has 4 rings (SSSR count). The highest BCUT2D eigenvalue weighted by molar-refractivity contribution is 7.53. The fourth-order valence-corrected chi connectivity index (χ4v) is 6.91. The maximum absolute atomic E-state index is 13.5. The van der Waals surface area contributed by atoms with Crippen LogP contribution in [0.5, 0.6) is 0 Å². The number of fused-ring (bicyclic) bond motifs is 1. The number of carbonyl (C=O) groups is 4. The van der Waals surface area contributed by atoms with E-state index < -0.39 is 82.6 Å². The van der Waals surface area contributed by atoms with Gasteiger partial charge in [-0.3, -0.25) is 32.8 Å². The van der Waals surface area contributed by atoms with E-state index in [2.05, 4.69) is 16.4 Å². The Morgan fingerprint density at radius 2 is 1.59 bits per heavy atom. The minimum atomic E-state index is -4.32. The van der Waals surface area contributed by atoms with E-state index in [4.69, 9.17) is 49.1 Å². The van der Waals surface area contributed by atoms with E-state index in [1.165, 1.54) is 18.4 Å². The van der Waals surface area contributed by atoms with Gasteiger partial charge in [0.2, 0.25) is 13.6 Å². The van der Waals surface area contributed by atoms with Crippen LogP contribution in [-0.2, 0) is 61.2 Å². The number of pyridine rings is 1. The molecule has 1 aliphatic carbocycles. The molecule has 1 saturated heterocycles. The van der Waals surface area contributed by atoms with Gasteiger partial charge in [-0.25, -0.2) is 4.98 Å². The first-order chi connectivity index (χ1) is 25.8. The van der Waals surface area contributed by atoms with Crippen molar-refractivity contribution in [3.05, 3.63) is 23.0 Å². The third-order valence-corrected chi connectivity index (χ3v) is 10.1. The number of nitrogens with one attached hydrogen (secondary N) is 1. The normalized spacial score (nSPS) is 20.1. The van der Waals surface area contributed by atoms with Crippen LogP contribution in [-0.4, -0.2) is 108 Å². The Bertz CT molecular complexity index is 1670. The Hall–Kier alpha value is -3.86. The highest BCUT2D eigenvalue weighted by Gasteiger charge is 2.45. The van der Waals surface area contributed by atoms with Gasteiger partial charge in [-0.05, 0) is 31.7 Å². The number of aliphatic hydroxyl groups is 2. The van der Waals surface area contributed by atoms with Crippen LogP contribution in [0.1, 0.15) is 77.0 Å². The van der Waals surface area contributed by atoms with Crippen LogP contribution in [0.25, 0.3) is 11.0 Å². The van der Waals surface area contributed by atoms with E-state index in [0.717, 1.165) is 25.7 Å². The van der Waals surface area contributed by atoms with Gasteiger partial charge in [0.25, 0.3) is 0 Å². The van der Waals surface area contributed by atoms with Gasteiger partial charge >= 0.3 is 31.5 Å².